The van der Waals surface area contributed by atoms with Gasteiger partial charge < -0.3 is 5.32 Å². The second kappa shape index (κ2) is 4.02. The summed E-state index contributed by atoms with van der Waals surface area (Å²) >= 11 is 0. The van der Waals surface area contributed by atoms with Gasteiger partial charge in [0.1, 0.15) is 0 Å². The molecule has 90 valence electrons. The first kappa shape index (κ1) is 10.6. The fourth-order valence-electron chi connectivity index (χ4n) is 2.36. The molecule has 2 aromatic heterocycles. The number of aromatic nitrogens is 3. The summed E-state index contributed by atoms with van der Waals surface area (Å²) in [6.07, 6.45) is 4.04. The van der Waals surface area contributed by atoms with Crippen molar-refractivity contribution in [3.63, 3.8) is 0 Å². The number of pyridine rings is 1. The van der Waals surface area contributed by atoms with E-state index in [1.165, 1.54) is 19.3 Å². The van der Waals surface area contributed by atoms with Crippen LogP contribution < -0.4 is 5.32 Å². The van der Waals surface area contributed by atoms with Gasteiger partial charge in [-0.15, -0.1) is 5.10 Å². The Labute approximate surface area is 101 Å². The summed E-state index contributed by atoms with van der Waals surface area (Å²) in [6, 6.07) is 6.51. The number of fused-ring (bicyclic) bond motifs is 1. The number of aryl methyl sites for hydroxylation is 1. The number of anilines is 1. The molecule has 1 aliphatic rings. The van der Waals surface area contributed by atoms with E-state index < -0.39 is 0 Å². The van der Waals surface area contributed by atoms with Crippen LogP contribution in [0.15, 0.2) is 18.2 Å². The van der Waals surface area contributed by atoms with Crippen molar-refractivity contribution < 1.29 is 0 Å². The van der Waals surface area contributed by atoms with Crippen molar-refractivity contribution in [3.05, 3.63) is 23.9 Å². The number of hydrogen-bond donors (Lipinski definition) is 1. The van der Waals surface area contributed by atoms with E-state index in [1.54, 1.807) is 0 Å². The van der Waals surface area contributed by atoms with Gasteiger partial charge in [-0.25, -0.2) is 4.52 Å². The Morgan fingerprint density at radius 2 is 2.24 bits per heavy atom. The van der Waals surface area contributed by atoms with E-state index in [2.05, 4.69) is 22.3 Å². The maximum Gasteiger partial charge on any atom is 0.243 e. The third-order valence-corrected chi connectivity index (χ3v) is 3.76. The van der Waals surface area contributed by atoms with Gasteiger partial charge in [0.25, 0.3) is 0 Å². The number of rotatable bonds is 3. The van der Waals surface area contributed by atoms with Crippen molar-refractivity contribution in [2.45, 2.75) is 39.2 Å². The molecule has 3 rings (SSSR count). The van der Waals surface area contributed by atoms with Crippen LogP contribution in [-0.2, 0) is 0 Å². The summed E-state index contributed by atoms with van der Waals surface area (Å²) in [4.78, 5) is 4.50. The molecule has 0 spiro atoms. The van der Waals surface area contributed by atoms with Crippen molar-refractivity contribution in [1.82, 2.24) is 14.6 Å². The molecule has 17 heavy (non-hydrogen) atoms. The maximum absolute atomic E-state index is 4.50. The second-order valence-corrected chi connectivity index (χ2v) is 5.00. The molecule has 2 heterocycles. The highest BCUT2D eigenvalue weighted by atomic mass is 15.4. The quantitative estimate of drug-likeness (QED) is 0.881. The predicted octanol–water partition coefficient (Wildman–Crippen LogP) is 2.64. The molecular formula is C13H18N4. The van der Waals surface area contributed by atoms with Gasteiger partial charge in [-0.2, -0.15) is 4.98 Å². The molecule has 0 radical (unpaired) electrons. The largest absolute Gasteiger partial charge is 0.350 e. The SMILES string of the molecule is Cc1cccc2nc(NC(C)C3CCC3)nn12. The Kier molecular flexibility index (Phi) is 2.50. The summed E-state index contributed by atoms with van der Waals surface area (Å²) in [5.41, 5.74) is 2.02. The minimum absolute atomic E-state index is 0.474. The van der Waals surface area contributed by atoms with Crippen molar-refractivity contribution in [1.29, 1.82) is 0 Å². The van der Waals surface area contributed by atoms with E-state index >= 15 is 0 Å². The normalized spacial score (nSPS) is 18.0. The summed E-state index contributed by atoms with van der Waals surface area (Å²) < 4.78 is 1.88. The highest BCUT2D eigenvalue weighted by molar-refractivity contribution is 5.44. The van der Waals surface area contributed by atoms with Crippen LogP contribution in [-0.4, -0.2) is 20.6 Å². The average molecular weight is 230 g/mol. The zero-order valence-corrected chi connectivity index (χ0v) is 10.3. The lowest BCUT2D eigenvalue weighted by Crippen LogP contribution is -2.31. The lowest BCUT2D eigenvalue weighted by molar-refractivity contribution is 0.284. The minimum Gasteiger partial charge on any atom is -0.350 e. The van der Waals surface area contributed by atoms with Crippen LogP contribution in [0.3, 0.4) is 0 Å². The van der Waals surface area contributed by atoms with Crippen molar-refractivity contribution in [2.75, 3.05) is 5.32 Å². The number of nitrogens with one attached hydrogen (secondary N) is 1. The zero-order valence-electron chi connectivity index (χ0n) is 10.3. The van der Waals surface area contributed by atoms with Crippen molar-refractivity contribution >= 4 is 11.6 Å². The van der Waals surface area contributed by atoms with Crippen LogP contribution >= 0.6 is 0 Å². The molecule has 1 N–H and O–H groups in total. The first-order valence-corrected chi connectivity index (χ1v) is 6.33. The first-order chi connectivity index (χ1) is 8.24. The molecule has 1 unspecified atom stereocenters. The van der Waals surface area contributed by atoms with E-state index in [1.807, 2.05) is 29.6 Å². The van der Waals surface area contributed by atoms with Crippen LogP contribution in [0.2, 0.25) is 0 Å². The number of hydrogen-bond acceptors (Lipinski definition) is 3. The molecule has 0 bridgehead atoms. The van der Waals surface area contributed by atoms with Gasteiger partial charge in [0.05, 0.1) is 0 Å². The van der Waals surface area contributed by atoms with Gasteiger partial charge in [-0.05, 0) is 44.7 Å². The van der Waals surface area contributed by atoms with E-state index in [4.69, 9.17) is 0 Å². The van der Waals surface area contributed by atoms with Gasteiger partial charge >= 0.3 is 0 Å². The smallest absolute Gasteiger partial charge is 0.243 e. The van der Waals surface area contributed by atoms with Gasteiger partial charge in [0.2, 0.25) is 5.95 Å². The summed E-state index contributed by atoms with van der Waals surface area (Å²) in [5, 5.41) is 7.90. The Balaban J connectivity index is 1.83. The third-order valence-electron chi connectivity index (χ3n) is 3.76. The van der Waals surface area contributed by atoms with Crippen molar-refractivity contribution in [3.8, 4) is 0 Å². The highest BCUT2D eigenvalue weighted by Gasteiger charge is 2.24. The Morgan fingerprint density at radius 1 is 1.41 bits per heavy atom. The molecule has 2 aromatic rings. The fourth-order valence-corrected chi connectivity index (χ4v) is 2.36. The molecule has 4 heteroatoms. The van der Waals surface area contributed by atoms with Gasteiger partial charge in [-0.3, -0.25) is 0 Å². The lowest BCUT2D eigenvalue weighted by atomic mass is 9.80. The summed E-state index contributed by atoms with van der Waals surface area (Å²) in [7, 11) is 0. The molecule has 0 aliphatic heterocycles. The summed E-state index contributed by atoms with van der Waals surface area (Å²) in [5.74, 6) is 1.54. The molecule has 0 aromatic carbocycles. The monoisotopic (exact) mass is 230 g/mol. The van der Waals surface area contributed by atoms with Crippen LogP contribution in [0.4, 0.5) is 5.95 Å². The van der Waals surface area contributed by atoms with E-state index in [9.17, 15) is 0 Å². The Hall–Kier alpha value is -1.58. The van der Waals surface area contributed by atoms with E-state index in [0.29, 0.717) is 6.04 Å². The van der Waals surface area contributed by atoms with Crippen LogP contribution in [0.1, 0.15) is 31.9 Å². The summed E-state index contributed by atoms with van der Waals surface area (Å²) in [6.45, 7) is 4.27. The topological polar surface area (TPSA) is 42.2 Å². The lowest BCUT2D eigenvalue weighted by Gasteiger charge is -2.31. The molecule has 1 atom stereocenters. The average Bonchev–Trinajstić information content (AvgIpc) is 2.58. The highest BCUT2D eigenvalue weighted by Crippen LogP contribution is 2.30. The maximum atomic E-state index is 4.50. The second-order valence-electron chi connectivity index (χ2n) is 5.00. The molecule has 1 fully saturated rings. The molecule has 0 amide bonds. The van der Waals surface area contributed by atoms with Gasteiger partial charge in [-0.1, -0.05) is 12.5 Å². The molecule has 1 saturated carbocycles. The van der Waals surface area contributed by atoms with Crippen LogP contribution in [0.5, 0.6) is 0 Å². The number of nitrogens with zero attached hydrogens (tertiary/aromatic N) is 3. The predicted molar refractivity (Wildman–Crippen MR) is 68.1 cm³/mol. The Bertz CT molecular complexity index is 527. The molecule has 4 nitrogen and oxygen atoms in total. The molecular weight excluding hydrogens is 212 g/mol. The van der Waals surface area contributed by atoms with E-state index in [0.717, 1.165) is 23.2 Å². The van der Waals surface area contributed by atoms with Gasteiger partial charge in [0.15, 0.2) is 5.65 Å². The third kappa shape index (κ3) is 1.88. The van der Waals surface area contributed by atoms with E-state index in [-0.39, 0.29) is 0 Å². The van der Waals surface area contributed by atoms with Gasteiger partial charge in [0, 0.05) is 11.7 Å². The van der Waals surface area contributed by atoms with Crippen LogP contribution in [0.25, 0.3) is 5.65 Å². The zero-order chi connectivity index (χ0) is 11.8. The first-order valence-electron chi connectivity index (χ1n) is 6.33. The fraction of sp³-hybridized carbons (Fsp3) is 0.538. The van der Waals surface area contributed by atoms with Crippen LogP contribution in [0, 0.1) is 12.8 Å². The Morgan fingerprint density at radius 3 is 2.88 bits per heavy atom. The molecule has 1 aliphatic carbocycles. The molecule has 0 saturated heterocycles. The minimum atomic E-state index is 0.474. The standard InChI is InChI=1S/C13H18N4/c1-9-5-3-8-12-15-13(16-17(9)12)14-10(2)11-6-4-7-11/h3,5,8,10-11H,4,6-7H2,1-2H3,(H,14,16). The van der Waals surface area contributed by atoms with Crippen molar-refractivity contribution in [2.24, 2.45) is 5.92 Å².